The highest BCUT2D eigenvalue weighted by molar-refractivity contribution is 9.10. The SMILES string of the molecule is NCC1CCCC1Oc1ncc(Cl)cc1Br. The molecule has 1 aromatic rings. The van der Waals surface area contributed by atoms with Crippen LogP contribution in [0.1, 0.15) is 19.3 Å². The molecule has 1 aromatic heterocycles. The molecule has 2 rings (SSSR count). The van der Waals surface area contributed by atoms with Gasteiger partial charge in [-0.15, -0.1) is 0 Å². The van der Waals surface area contributed by atoms with Crippen LogP contribution < -0.4 is 10.5 Å². The lowest BCUT2D eigenvalue weighted by Crippen LogP contribution is -2.28. The van der Waals surface area contributed by atoms with E-state index >= 15 is 0 Å². The van der Waals surface area contributed by atoms with Crippen molar-refractivity contribution in [3.63, 3.8) is 0 Å². The van der Waals surface area contributed by atoms with Gasteiger partial charge < -0.3 is 10.5 Å². The van der Waals surface area contributed by atoms with Crippen molar-refractivity contribution in [1.29, 1.82) is 0 Å². The van der Waals surface area contributed by atoms with Gasteiger partial charge in [-0.25, -0.2) is 4.98 Å². The predicted molar refractivity (Wildman–Crippen MR) is 67.8 cm³/mol. The minimum absolute atomic E-state index is 0.190. The van der Waals surface area contributed by atoms with Crippen LogP contribution in [0.5, 0.6) is 5.88 Å². The maximum atomic E-state index is 5.87. The van der Waals surface area contributed by atoms with Crippen molar-refractivity contribution >= 4 is 27.5 Å². The lowest BCUT2D eigenvalue weighted by atomic mass is 10.1. The highest BCUT2D eigenvalue weighted by Gasteiger charge is 2.28. The molecular weight excluding hydrogens is 291 g/mol. The number of halogens is 2. The molecule has 1 fully saturated rings. The maximum Gasteiger partial charge on any atom is 0.228 e. The number of pyridine rings is 1. The summed E-state index contributed by atoms with van der Waals surface area (Å²) in [5, 5.41) is 0.598. The number of hydrogen-bond acceptors (Lipinski definition) is 3. The zero-order chi connectivity index (χ0) is 11.5. The summed E-state index contributed by atoms with van der Waals surface area (Å²) in [6, 6.07) is 1.79. The van der Waals surface area contributed by atoms with Crippen LogP contribution in [0.3, 0.4) is 0 Å². The van der Waals surface area contributed by atoms with E-state index in [1.807, 2.05) is 0 Å². The van der Waals surface area contributed by atoms with E-state index in [1.54, 1.807) is 12.3 Å². The Bertz CT molecular complexity index is 375. The van der Waals surface area contributed by atoms with Gasteiger partial charge in [0.2, 0.25) is 5.88 Å². The van der Waals surface area contributed by atoms with Gasteiger partial charge in [-0.3, -0.25) is 0 Å². The van der Waals surface area contributed by atoms with Crippen LogP contribution in [-0.4, -0.2) is 17.6 Å². The number of rotatable bonds is 3. The normalized spacial score (nSPS) is 24.7. The zero-order valence-electron chi connectivity index (χ0n) is 8.83. The Morgan fingerprint density at radius 2 is 2.38 bits per heavy atom. The van der Waals surface area contributed by atoms with Crippen molar-refractivity contribution in [2.75, 3.05) is 6.54 Å². The number of ether oxygens (including phenoxy) is 1. The average molecular weight is 306 g/mol. The molecule has 0 radical (unpaired) electrons. The van der Waals surface area contributed by atoms with Crippen LogP contribution in [0, 0.1) is 5.92 Å². The van der Waals surface area contributed by atoms with Crippen molar-refractivity contribution < 1.29 is 4.74 Å². The maximum absolute atomic E-state index is 5.87. The Morgan fingerprint density at radius 3 is 3.06 bits per heavy atom. The smallest absolute Gasteiger partial charge is 0.228 e. The van der Waals surface area contributed by atoms with Gasteiger partial charge in [0.15, 0.2) is 0 Å². The minimum atomic E-state index is 0.190. The third kappa shape index (κ3) is 2.67. The first-order valence-electron chi connectivity index (χ1n) is 5.38. The third-order valence-electron chi connectivity index (χ3n) is 2.93. The van der Waals surface area contributed by atoms with Crippen LogP contribution in [0.15, 0.2) is 16.7 Å². The molecule has 0 bridgehead atoms. The molecule has 2 N–H and O–H groups in total. The molecule has 1 heterocycles. The molecule has 0 aromatic carbocycles. The van der Waals surface area contributed by atoms with E-state index in [4.69, 9.17) is 22.1 Å². The molecule has 2 atom stereocenters. The van der Waals surface area contributed by atoms with Gasteiger partial charge in [-0.05, 0) is 47.8 Å². The van der Waals surface area contributed by atoms with Gasteiger partial charge in [0, 0.05) is 12.1 Å². The van der Waals surface area contributed by atoms with Crippen LogP contribution in [0.2, 0.25) is 5.02 Å². The van der Waals surface area contributed by atoms with Gasteiger partial charge in [-0.1, -0.05) is 11.6 Å². The Balaban J connectivity index is 2.08. The van der Waals surface area contributed by atoms with E-state index in [9.17, 15) is 0 Å². The number of aromatic nitrogens is 1. The fourth-order valence-electron chi connectivity index (χ4n) is 2.06. The van der Waals surface area contributed by atoms with Gasteiger partial charge in [0.1, 0.15) is 6.10 Å². The fourth-order valence-corrected chi connectivity index (χ4v) is 2.79. The van der Waals surface area contributed by atoms with E-state index < -0.39 is 0 Å². The van der Waals surface area contributed by atoms with Gasteiger partial charge in [0.25, 0.3) is 0 Å². The highest BCUT2D eigenvalue weighted by atomic mass is 79.9. The number of hydrogen-bond donors (Lipinski definition) is 1. The summed E-state index contributed by atoms with van der Waals surface area (Å²) in [5.41, 5.74) is 5.71. The number of nitrogens with zero attached hydrogens (tertiary/aromatic N) is 1. The van der Waals surface area contributed by atoms with Gasteiger partial charge in [0.05, 0.1) is 9.50 Å². The Kier molecular flexibility index (Phi) is 4.05. The lowest BCUT2D eigenvalue weighted by Gasteiger charge is -2.19. The summed E-state index contributed by atoms with van der Waals surface area (Å²) in [5.74, 6) is 1.05. The molecule has 3 nitrogen and oxygen atoms in total. The third-order valence-corrected chi connectivity index (χ3v) is 3.70. The Labute approximate surface area is 108 Å². The summed E-state index contributed by atoms with van der Waals surface area (Å²) in [6.45, 7) is 0.676. The molecule has 2 unspecified atom stereocenters. The van der Waals surface area contributed by atoms with E-state index in [-0.39, 0.29) is 6.10 Å². The van der Waals surface area contributed by atoms with Crippen molar-refractivity contribution in [3.8, 4) is 5.88 Å². The van der Waals surface area contributed by atoms with Crippen molar-refractivity contribution in [2.24, 2.45) is 11.7 Å². The molecule has 0 amide bonds. The molecule has 0 spiro atoms. The molecule has 1 aliphatic carbocycles. The van der Waals surface area contributed by atoms with Gasteiger partial charge >= 0.3 is 0 Å². The summed E-state index contributed by atoms with van der Waals surface area (Å²) >= 11 is 9.21. The topological polar surface area (TPSA) is 48.1 Å². The van der Waals surface area contributed by atoms with Gasteiger partial charge in [-0.2, -0.15) is 0 Å². The molecule has 1 aliphatic rings. The zero-order valence-corrected chi connectivity index (χ0v) is 11.2. The van der Waals surface area contributed by atoms with Crippen molar-refractivity contribution in [1.82, 2.24) is 4.98 Å². The minimum Gasteiger partial charge on any atom is -0.473 e. The van der Waals surface area contributed by atoms with Crippen molar-refractivity contribution in [3.05, 3.63) is 21.8 Å². The standard InChI is InChI=1S/C11H14BrClN2O/c12-9-4-8(13)6-15-11(9)16-10-3-1-2-7(10)5-14/h4,6-7,10H,1-3,5,14H2. The first-order chi connectivity index (χ1) is 7.70. The first-order valence-corrected chi connectivity index (χ1v) is 6.55. The van der Waals surface area contributed by atoms with Crippen molar-refractivity contribution in [2.45, 2.75) is 25.4 Å². The van der Waals surface area contributed by atoms with Crippen LogP contribution in [0.4, 0.5) is 0 Å². The first kappa shape index (κ1) is 12.1. The van der Waals surface area contributed by atoms with E-state index in [1.165, 1.54) is 6.42 Å². The molecule has 0 saturated heterocycles. The molecule has 16 heavy (non-hydrogen) atoms. The largest absolute Gasteiger partial charge is 0.473 e. The molecule has 0 aliphatic heterocycles. The van der Waals surface area contributed by atoms with Crippen LogP contribution in [-0.2, 0) is 0 Å². The van der Waals surface area contributed by atoms with Crippen LogP contribution >= 0.6 is 27.5 Å². The number of nitrogens with two attached hydrogens (primary N) is 1. The summed E-state index contributed by atoms with van der Waals surface area (Å²) in [4.78, 5) is 4.17. The lowest BCUT2D eigenvalue weighted by molar-refractivity contribution is 0.154. The summed E-state index contributed by atoms with van der Waals surface area (Å²) in [6.07, 6.45) is 5.16. The molecular formula is C11H14BrClN2O. The molecule has 1 saturated carbocycles. The predicted octanol–water partition coefficient (Wildman–Crippen LogP) is 3.00. The molecule has 5 heteroatoms. The van der Waals surface area contributed by atoms with Crippen LogP contribution in [0.25, 0.3) is 0 Å². The average Bonchev–Trinajstić information content (AvgIpc) is 2.69. The van der Waals surface area contributed by atoms with E-state index in [2.05, 4.69) is 20.9 Å². The second-order valence-corrected chi connectivity index (χ2v) is 5.31. The molecule has 88 valence electrons. The van der Waals surface area contributed by atoms with E-state index in [0.717, 1.165) is 17.3 Å². The Hall–Kier alpha value is -0.320. The monoisotopic (exact) mass is 304 g/mol. The second kappa shape index (κ2) is 5.34. The summed E-state index contributed by atoms with van der Waals surface area (Å²) < 4.78 is 6.66. The Morgan fingerprint density at radius 1 is 1.56 bits per heavy atom. The fraction of sp³-hybridized carbons (Fsp3) is 0.545. The summed E-state index contributed by atoms with van der Waals surface area (Å²) in [7, 11) is 0. The quantitative estimate of drug-likeness (QED) is 0.934. The second-order valence-electron chi connectivity index (χ2n) is 4.02. The highest BCUT2D eigenvalue weighted by Crippen LogP contribution is 2.32. The van der Waals surface area contributed by atoms with E-state index in [0.29, 0.717) is 23.4 Å².